The smallest absolute Gasteiger partial charge is 0.338 e. The largest absolute Gasteiger partial charge is 0.497 e. The zero-order chi connectivity index (χ0) is 24.7. The Kier molecular flexibility index (Phi) is 8.39. The van der Waals surface area contributed by atoms with Gasteiger partial charge >= 0.3 is 12.0 Å². The van der Waals surface area contributed by atoms with E-state index in [-0.39, 0.29) is 25.1 Å². The molecule has 1 heterocycles. The van der Waals surface area contributed by atoms with Crippen LogP contribution in [0.2, 0.25) is 0 Å². The number of carbonyl (C=O) groups excluding carboxylic acids is 2. The second-order valence-electron chi connectivity index (χ2n) is 8.73. The van der Waals surface area contributed by atoms with Crippen molar-refractivity contribution in [2.24, 2.45) is 0 Å². The number of likely N-dealkylation sites (N-methyl/N-ethyl adjacent to an activating group) is 1. The van der Waals surface area contributed by atoms with E-state index in [2.05, 4.69) is 0 Å². The van der Waals surface area contributed by atoms with Crippen LogP contribution in [-0.4, -0.2) is 72.5 Å². The first-order valence-corrected chi connectivity index (χ1v) is 11.5. The van der Waals surface area contributed by atoms with E-state index >= 15 is 0 Å². The van der Waals surface area contributed by atoms with Crippen molar-refractivity contribution in [1.29, 1.82) is 0 Å². The number of aliphatic hydroxyl groups is 1. The van der Waals surface area contributed by atoms with Crippen molar-refractivity contribution in [1.82, 2.24) is 9.80 Å². The Morgan fingerprint density at radius 3 is 2.32 bits per heavy atom. The van der Waals surface area contributed by atoms with Crippen molar-refractivity contribution in [3.05, 3.63) is 59.7 Å². The van der Waals surface area contributed by atoms with Gasteiger partial charge in [-0.05, 0) is 49.2 Å². The molecule has 184 valence electrons. The Bertz CT molecular complexity index is 958. The summed E-state index contributed by atoms with van der Waals surface area (Å²) in [6.45, 7) is 5.06. The molecule has 2 aromatic rings. The van der Waals surface area contributed by atoms with E-state index in [1.54, 1.807) is 18.9 Å². The number of nitrogens with zero attached hydrogens (tertiary/aromatic N) is 2. The lowest BCUT2D eigenvalue weighted by Crippen LogP contribution is -2.39. The molecule has 1 aliphatic heterocycles. The van der Waals surface area contributed by atoms with Gasteiger partial charge in [0.1, 0.15) is 11.5 Å². The van der Waals surface area contributed by atoms with Crippen molar-refractivity contribution in [3.8, 4) is 11.5 Å². The molecule has 8 heteroatoms. The number of rotatable bonds is 11. The van der Waals surface area contributed by atoms with Crippen LogP contribution in [0.1, 0.15) is 31.4 Å². The zero-order valence-corrected chi connectivity index (χ0v) is 20.3. The number of carbonyl (C=O) groups is 2. The van der Waals surface area contributed by atoms with Crippen LogP contribution in [0, 0.1) is 0 Å². The molecular formula is C26H34N2O6. The van der Waals surface area contributed by atoms with Gasteiger partial charge in [-0.15, -0.1) is 0 Å². The number of hydrogen-bond acceptors (Lipinski definition) is 6. The third-order valence-corrected chi connectivity index (χ3v) is 5.99. The van der Waals surface area contributed by atoms with Crippen LogP contribution in [0.15, 0.2) is 48.5 Å². The molecule has 2 aromatic carbocycles. The molecule has 0 spiro atoms. The van der Waals surface area contributed by atoms with Gasteiger partial charge < -0.3 is 29.1 Å². The minimum absolute atomic E-state index is 0.0128. The molecule has 0 saturated carbocycles. The van der Waals surface area contributed by atoms with Gasteiger partial charge in [0.15, 0.2) is 5.60 Å². The molecule has 8 nitrogen and oxygen atoms in total. The third-order valence-electron chi connectivity index (χ3n) is 5.99. The van der Waals surface area contributed by atoms with Crippen molar-refractivity contribution >= 4 is 12.0 Å². The number of hydrogen-bond donors (Lipinski definition) is 1. The molecule has 0 aliphatic carbocycles. The van der Waals surface area contributed by atoms with Gasteiger partial charge in [0.2, 0.25) is 0 Å². The summed E-state index contributed by atoms with van der Waals surface area (Å²) in [5.74, 6) is 0.856. The molecule has 1 aliphatic rings. The quantitative estimate of drug-likeness (QED) is 0.507. The molecule has 34 heavy (non-hydrogen) atoms. The summed E-state index contributed by atoms with van der Waals surface area (Å²) in [4.78, 5) is 28.1. The lowest BCUT2D eigenvalue weighted by atomic mass is 9.97. The van der Waals surface area contributed by atoms with E-state index in [9.17, 15) is 14.7 Å². The van der Waals surface area contributed by atoms with Gasteiger partial charge in [-0.25, -0.2) is 9.59 Å². The summed E-state index contributed by atoms with van der Waals surface area (Å²) in [5, 5.41) is 10.3. The number of esters is 1. The predicted molar refractivity (Wildman–Crippen MR) is 128 cm³/mol. The maximum atomic E-state index is 12.6. The Labute approximate surface area is 201 Å². The monoisotopic (exact) mass is 470 g/mol. The fourth-order valence-corrected chi connectivity index (χ4v) is 3.98. The first-order valence-electron chi connectivity index (χ1n) is 11.5. The third kappa shape index (κ3) is 6.41. The molecule has 1 saturated heterocycles. The Balaban J connectivity index is 1.47. The topological polar surface area (TPSA) is 88.5 Å². The highest BCUT2D eigenvalue weighted by molar-refractivity contribution is 5.79. The normalized spacial score (nSPS) is 17.4. The maximum Gasteiger partial charge on any atom is 0.338 e. The Morgan fingerprint density at radius 1 is 1.09 bits per heavy atom. The molecule has 0 unspecified atom stereocenters. The number of benzene rings is 2. The van der Waals surface area contributed by atoms with E-state index in [1.165, 1.54) is 6.92 Å². The molecule has 0 radical (unpaired) electrons. The average Bonchev–Trinajstić information content (AvgIpc) is 3.08. The summed E-state index contributed by atoms with van der Waals surface area (Å²) in [6.07, 6.45) is 0.867. The second kappa shape index (κ2) is 11.2. The van der Waals surface area contributed by atoms with Crippen LogP contribution in [-0.2, 0) is 22.5 Å². The summed E-state index contributed by atoms with van der Waals surface area (Å²) >= 11 is 0. The van der Waals surface area contributed by atoms with Crippen molar-refractivity contribution < 1.29 is 28.9 Å². The Hall–Kier alpha value is -3.26. The summed E-state index contributed by atoms with van der Waals surface area (Å²) in [5.41, 5.74) is 0.289. The first kappa shape index (κ1) is 25.4. The van der Waals surface area contributed by atoms with Gasteiger partial charge in [0.05, 0.1) is 26.4 Å². The summed E-state index contributed by atoms with van der Waals surface area (Å²) in [6, 6.07) is 15.1. The van der Waals surface area contributed by atoms with Crippen LogP contribution in [0.3, 0.4) is 0 Å². The van der Waals surface area contributed by atoms with Crippen molar-refractivity contribution in [2.45, 2.75) is 44.9 Å². The minimum atomic E-state index is -1.57. The van der Waals surface area contributed by atoms with Gasteiger partial charge in [-0.1, -0.05) is 24.3 Å². The fourth-order valence-electron chi connectivity index (χ4n) is 3.98. The molecule has 3 rings (SSSR count). The zero-order valence-electron chi connectivity index (χ0n) is 20.3. The SMILES string of the molecule is CCOC(=O)[C@@](C)(O)Cc1ccc(OCC[C@@H]2CN(Cc3ccc(OC)cc3)C(=O)N2C)cc1. The van der Waals surface area contributed by atoms with E-state index in [1.807, 2.05) is 60.5 Å². The van der Waals surface area contributed by atoms with E-state index in [0.29, 0.717) is 31.9 Å². The van der Waals surface area contributed by atoms with Crippen LogP contribution in [0.4, 0.5) is 4.79 Å². The highest BCUT2D eigenvalue weighted by Crippen LogP contribution is 2.22. The molecule has 0 aromatic heterocycles. The number of ether oxygens (including phenoxy) is 3. The van der Waals surface area contributed by atoms with Crippen molar-refractivity contribution in [2.75, 3.05) is 33.9 Å². The summed E-state index contributed by atoms with van der Waals surface area (Å²) < 4.78 is 16.0. The van der Waals surface area contributed by atoms with Crippen molar-refractivity contribution in [3.63, 3.8) is 0 Å². The predicted octanol–water partition coefficient (Wildman–Crippen LogP) is 3.26. The Morgan fingerprint density at radius 2 is 1.71 bits per heavy atom. The lowest BCUT2D eigenvalue weighted by molar-refractivity contribution is -0.163. The molecule has 1 N–H and O–H groups in total. The minimum Gasteiger partial charge on any atom is -0.497 e. The standard InChI is InChI=1S/C26H34N2O6/c1-5-33-24(29)26(2,31)16-19-6-12-23(13-7-19)34-15-14-21-18-28(25(30)27(21)3)17-20-8-10-22(32-4)11-9-20/h6-13,21,31H,5,14-18H2,1-4H3/t21-,26+/m1/s1. The lowest BCUT2D eigenvalue weighted by Gasteiger charge is -2.21. The summed E-state index contributed by atoms with van der Waals surface area (Å²) in [7, 11) is 3.46. The van der Waals surface area contributed by atoms with Gasteiger partial charge in [-0.2, -0.15) is 0 Å². The highest BCUT2D eigenvalue weighted by atomic mass is 16.5. The van der Waals surface area contributed by atoms with Crippen LogP contribution >= 0.6 is 0 Å². The molecule has 2 amide bonds. The molecule has 0 bridgehead atoms. The van der Waals surface area contributed by atoms with Crippen LogP contribution < -0.4 is 9.47 Å². The van der Waals surface area contributed by atoms with Gasteiger partial charge in [0, 0.05) is 33.0 Å². The average molecular weight is 471 g/mol. The fraction of sp³-hybridized carbons (Fsp3) is 0.462. The number of amides is 2. The molecule has 1 fully saturated rings. The highest BCUT2D eigenvalue weighted by Gasteiger charge is 2.34. The second-order valence-corrected chi connectivity index (χ2v) is 8.73. The van der Waals surface area contributed by atoms with E-state index in [0.717, 1.165) is 16.9 Å². The van der Waals surface area contributed by atoms with E-state index < -0.39 is 11.6 Å². The first-order chi connectivity index (χ1) is 16.2. The van der Waals surface area contributed by atoms with E-state index in [4.69, 9.17) is 14.2 Å². The maximum absolute atomic E-state index is 12.6. The van der Waals surface area contributed by atoms with Crippen LogP contribution in [0.5, 0.6) is 11.5 Å². The van der Waals surface area contributed by atoms with Gasteiger partial charge in [0.25, 0.3) is 0 Å². The molecule has 2 atom stereocenters. The molecular weight excluding hydrogens is 436 g/mol. The van der Waals surface area contributed by atoms with Crippen LogP contribution in [0.25, 0.3) is 0 Å². The number of methoxy groups -OCH3 is 1. The van der Waals surface area contributed by atoms with Gasteiger partial charge in [-0.3, -0.25) is 0 Å². The number of urea groups is 1.